The van der Waals surface area contributed by atoms with Gasteiger partial charge in [-0.05, 0) is 60.7 Å². The second kappa shape index (κ2) is 9.94. The zero-order chi connectivity index (χ0) is 23.4. The Kier molecular flexibility index (Phi) is 6.82. The lowest BCUT2D eigenvalue weighted by atomic mass is 10.0. The van der Waals surface area contributed by atoms with Crippen molar-refractivity contribution in [3.8, 4) is 5.75 Å². The lowest BCUT2D eigenvalue weighted by Crippen LogP contribution is -2.27. The predicted molar refractivity (Wildman–Crippen MR) is 130 cm³/mol. The van der Waals surface area contributed by atoms with E-state index in [1.807, 2.05) is 18.2 Å². The summed E-state index contributed by atoms with van der Waals surface area (Å²) in [5.74, 6) is 2.38. The summed E-state index contributed by atoms with van der Waals surface area (Å²) < 4.78 is 13.6. The van der Waals surface area contributed by atoms with Gasteiger partial charge in [0.05, 0.1) is 30.4 Å². The van der Waals surface area contributed by atoms with E-state index in [-0.39, 0.29) is 5.91 Å². The van der Waals surface area contributed by atoms with Crippen molar-refractivity contribution >= 4 is 16.9 Å². The number of hydrogen-bond donors (Lipinski definition) is 0. The van der Waals surface area contributed by atoms with Gasteiger partial charge in [-0.25, -0.2) is 4.98 Å². The lowest BCUT2D eigenvalue weighted by Gasteiger charge is -2.18. The van der Waals surface area contributed by atoms with E-state index in [0.717, 1.165) is 35.6 Å². The number of aromatic nitrogens is 2. The molecule has 0 unspecified atom stereocenters. The minimum absolute atomic E-state index is 0.164. The Labute approximate surface area is 194 Å². The van der Waals surface area contributed by atoms with E-state index in [9.17, 15) is 4.79 Å². The maximum atomic E-state index is 12.6. The van der Waals surface area contributed by atoms with E-state index < -0.39 is 0 Å². The molecule has 0 radical (unpaired) electrons. The summed E-state index contributed by atoms with van der Waals surface area (Å²) in [6, 6.07) is 17.9. The highest BCUT2D eigenvalue weighted by Gasteiger charge is 2.18. The van der Waals surface area contributed by atoms with E-state index in [2.05, 4.69) is 49.6 Å². The summed E-state index contributed by atoms with van der Waals surface area (Å²) in [4.78, 5) is 19.1. The van der Waals surface area contributed by atoms with Crippen molar-refractivity contribution in [2.75, 3.05) is 13.7 Å². The van der Waals surface area contributed by atoms with Crippen LogP contribution in [0.4, 0.5) is 0 Å². The molecular weight excluding hydrogens is 414 g/mol. The van der Waals surface area contributed by atoms with Crippen LogP contribution < -0.4 is 4.74 Å². The van der Waals surface area contributed by atoms with Gasteiger partial charge < -0.3 is 18.6 Å². The van der Waals surface area contributed by atoms with Crippen LogP contribution in [0.1, 0.15) is 53.7 Å². The first-order chi connectivity index (χ1) is 15.9. The first-order valence-electron chi connectivity index (χ1n) is 11.4. The van der Waals surface area contributed by atoms with Crippen molar-refractivity contribution in [1.82, 2.24) is 14.5 Å². The van der Waals surface area contributed by atoms with E-state index in [4.69, 9.17) is 14.1 Å². The fraction of sp³-hybridized carbons (Fsp3) is 0.333. The van der Waals surface area contributed by atoms with Crippen molar-refractivity contribution in [2.45, 2.75) is 46.2 Å². The Morgan fingerprint density at radius 2 is 1.97 bits per heavy atom. The van der Waals surface area contributed by atoms with E-state index in [1.54, 1.807) is 24.1 Å². The maximum absolute atomic E-state index is 12.6. The number of furan rings is 1. The Morgan fingerprint density at radius 3 is 2.73 bits per heavy atom. The summed E-state index contributed by atoms with van der Waals surface area (Å²) in [6.45, 7) is 8.20. The van der Waals surface area contributed by atoms with Crippen LogP contribution in [0.25, 0.3) is 11.0 Å². The monoisotopic (exact) mass is 445 g/mol. The van der Waals surface area contributed by atoms with Gasteiger partial charge in [0.1, 0.15) is 11.6 Å². The van der Waals surface area contributed by atoms with Gasteiger partial charge in [0.25, 0.3) is 5.91 Å². The Balaban J connectivity index is 1.47. The molecule has 0 spiro atoms. The second-order valence-electron chi connectivity index (χ2n) is 8.70. The molecule has 0 aliphatic carbocycles. The number of benzene rings is 2. The SMILES string of the molecule is Cc1ccc(C(C)C)c(OCCCn2c(CN(C)C(=O)c3ccco3)nc3ccccc32)c1. The molecule has 33 heavy (non-hydrogen) atoms. The van der Waals surface area contributed by atoms with Gasteiger partial charge >= 0.3 is 0 Å². The van der Waals surface area contributed by atoms with E-state index in [1.165, 1.54) is 17.4 Å². The number of carbonyl (C=O) groups excluding carboxylic acids is 1. The topological polar surface area (TPSA) is 60.5 Å². The number of nitrogens with zero attached hydrogens (tertiary/aromatic N) is 3. The fourth-order valence-electron chi connectivity index (χ4n) is 4.02. The number of ether oxygens (including phenoxy) is 1. The van der Waals surface area contributed by atoms with Crippen molar-refractivity contribution in [3.05, 3.63) is 83.6 Å². The van der Waals surface area contributed by atoms with Gasteiger partial charge in [-0.2, -0.15) is 0 Å². The molecule has 6 nitrogen and oxygen atoms in total. The molecular formula is C27H31N3O3. The molecule has 0 fully saturated rings. The Morgan fingerprint density at radius 1 is 1.15 bits per heavy atom. The molecule has 2 heterocycles. The highest BCUT2D eigenvalue weighted by Crippen LogP contribution is 2.27. The molecule has 2 aromatic carbocycles. The third-order valence-electron chi connectivity index (χ3n) is 5.77. The number of imidazole rings is 1. The van der Waals surface area contributed by atoms with Crippen LogP contribution in [0.2, 0.25) is 0 Å². The zero-order valence-electron chi connectivity index (χ0n) is 19.7. The van der Waals surface area contributed by atoms with Gasteiger partial charge in [0.2, 0.25) is 0 Å². The van der Waals surface area contributed by atoms with Gasteiger partial charge in [0.15, 0.2) is 5.76 Å². The minimum Gasteiger partial charge on any atom is -0.493 e. The first-order valence-corrected chi connectivity index (χ1v) is 11.4. The fourth-order valence-corrected chi connectivity index (χ4v) is 4.02. The number of fused-ring (bicyclic) bond motifs is 1. The van der Waals surface area contributed by atoms with Crippen LogP contribution in [0.5, 0.6) is 5.75 Å². The number of amides is 1. The Hall–Kier alpha value is -3.54. The molecule has 0 aliphatic heterocycles. The van der Waals surface area contributed by atoms with Crippen molar-refractivity contribution in [1.29, 1.82) is 0 Å². The van der Waals surface area contributed by atoms with Gasteiger partial charge in [0, 0.05) is 13.6 Å². The van der Waals surface area contributed by atoms with Crippen LogP contribution in [-0.2, 0) is 13.1 Å². The molecule has 1 amide bonds. The van der Waals surface area contributed by atoms with Gasteiger partial charge in [-0.15, -0.1) is 0 Å². The highest BCUT2D eigenvalue weighted by atomic mass is 16.5. The predicted octanol–water partition coefficient (Wildman–Crippen LogP) is 5.80. The van der Waals surface area contributed by atoms with E-state index >= 15 is 0 Å². The molecule has 2 aromatic heterocycles. The molecule has 0 atom stereocenters. The zero-order valence-corrected chi connectivity index (χ0v) is 19.7. The highest BCUT2D eigenvalue weighted by molar-refractivity contribution is 5.91. The number of rotatable bonds is 9. The quantitative estimate of drug-likeness (QED) is 0.305. The number of para-hydroxylation sites is 2. The standard InChI is InChI=1S/C27H31N3O3/c1-19(2)21-13-12-20(3)17-25(21)33-16-8-14-30-23-10-6-5-9-22(23)28-26(30)18-29(4)27(31)24-11-7-15-32-24/h5-7,9-13,15,17,19H,8,14,16,18H2,1-4H3. The number of carbonyl (C=O) groups is 1. The number of aryl methyl sites for hydroxylation is 2. The second-order valence-corrected chi connectivity index (χ2v) is 8.70. The molecule has 0 aliphatic rings. The first kappa shape index (κ1) is 22.6. The Bertz CT molecular complexity index is 1220. The van der Waals surface area contributed by atoms with Crippen molar-refractivity contribution < 1.29 is 13.9 Å². The molecule has 0 saturated heterocycles. The molecule has 4 aromatic rings. The van der Waals surface area contributed by atoms with E-state index in [0.29, 0.717) is 24.8 Å². The molecule has 6 heteroatoms. The third kappa shape index (κ3) is 5.11. The van der Waals surface area contributed by atoms with Gasteiger partial charge in [-0.3, -0.25) is 4.79 Å². The molecule has 0 N–H and O–H groups in total. The van der Waals surface area contributed by atoms with Crippen molar-refractivity contribution in [2.24, 2.45) is 0 Å². The summed E-state index contributed by atoms with van der Waals surface area (Å²) in [5.41, 5.74) is 4.41. The van der Waals surface area contributed by atoms with Crippen LogP contribution in [0, 0.1) is 6.92 Å². The molecule has 4 rings (SSSR count). The molecule has 0 saturated carbocycles. The van der Waals surface area contributed by atoms with Crippen LogP contribution in [0.3, 0.4) is 0 Å². The number of hydrogen-bond acceptors (Lipinski definition) is 4. The average Bonchev–Trinajstić information content (AvgIpc) is 3.44. The van der Waals surface area contributed by atoms with Crippen LogP contribution >= 0.6 is 0 Å². The lowest BCUT2D eigenvalue weighted by molar-refractivity contribution is 0.0748. The normalized spacial score (nSPS) is 11.3. The van der Waals surface area contributed by atoms with Crippen LogP contribution in [0.15, 0.2) is 65.3 Å². The van der Waals surface area contributed by atoms with Gasteiger partial charge in [-0.1, -0.05) is 38.1 Å². The largest absolute Gasteiger partial charge is 0.493 e. The molecule has 172 valence electrons. The minimum atomic E-state index is -0.164. The van der Waals surface area contributed by atoms with Crippen molar-refractivity contribution in [3.63, 3.8) is 0 Å². The summed E-state index contributed by atoms with van der Waals surface area (Å²) >= 11 is 0. The smallest absolute Gasteiger partial charge is 0.289 e. The third-order valence-corrected chi connectivity index (χ3v) is 5.77. The summed E-state index contributed by atoms with van der Waals surface area (Å²) in [7, 11) is 1.77. The average molecular weight is 446 g/mol. The maximum Gasteiger partial charge on any atom is 0.289 e. The molecule has 0 bridgehead atoms. The summed E-state index contributed by atoms with van der Waals surface area (Å²) in [6.07, 6.45) is 2.34. The van der Waals surface area contributed by atoms with Crippen LogP contribution in [-0.4, -0.2) is 34.0 Å². The summed E-state index contributed by atoms with van der Waals surface area (Å²) in [5, 5.41) is 0.